The molecule has 1 heterocycles. The largest absolute Gasteiger partial charge is 0.369 e. The summed E-state index contributed by atoms with van der Waals surface area (Å²) in [6.45, 7) is 3.82. The van der Waals surface area contributed by atoms with Crippen LogP contribution in [-0.2, 0) is 0 Å². The smallest absolute Gasteiger partial charge is 0.211 e. The zero-order valence-corrected chi connectivity index (χ0v) is 15.7. The molecule has 0 aliphatic carbocycles. The Morgan fingerprint density at radius 2 is 1.70 bits per heavy atom. The van der Waals surface area contributed by atoms with Gasteiger partial charge in [0.2, 0.25) is 5.96 Å². The molecule has 0 unspecified atom stereocenters. The highest BCUT2D eigenvalue weighted by atomic mass is 32.1. The Bertz CT molecular complexity index is 986. The molecule has 3 rings (SSSR count). The van der Waals surface area contributed by atoms with E-state index < -0.39 is 0 Å². The minimum Gasteiger partial charge on any atom is -0.369 e. The van der Waals surface area contributed by atoms with E-state index in [2.05, 4.69) is 20.5 Å². The first-order valence-corrected chi connectivity index (χ1v) is 8.98. The van der Waals surface area contributed by atoms with E-state index in [9.17, 15) is 4.39 Å². The Morgan fingerprint density at radius 3 is 2.33 bits per heavy atom. The van der Waals surface area contributed by atoms with Gasteiger partial charge < -0.3 is 16.8 Å². The van der Waals surface area contributed by atoms with Gasteiger partial charge in [-0.05, 0) is 55.8 Å². The highest BCUT2D eigenvalue weighted by Crippen LogP contribution is 2.32. The summed E-state index contributed by atoms with van der Waals surface area (Å²) in [6.07, 6.45) is 0. The Balaban J connectivity index is 1.76. The fraction of sp³-hybridized carbons (Fsp3) is 0.105. The molecule has 0 spiro atoms. The van der Waals surface area contributed by atoms with Crippen LogP contribution in [-0.4, -0.2) is 16.7 Å². The highest BCUT2D eigenvalue weighted by molar-refractivity contribution is 7.16. The van der Waals surface area contributed by atoms with Crippen LogP contribution in [0.15, 0.2) is 58.7 Å². The zero-order valence-electron chi connectivity index (χ0n) is 14.9. The molecule has 0 fully saturated rings. The van der Waals surface area contributed by atoms with E-state index in [1.165, 1.54) is 12.1 Å². The molecule has 1 aromatic heterocycles. The summed E-state index contributed by atoms with van der Waals surface area (Å²) in [5.41, 5.74) is 14.8. The molecular weight excluding hydrogens is 363 g/mol. The quantitative estimate of drug-likeness (QED) is 0.353. The van der Waals surface area contributed by atoms with Gasteiger partial charge in [-0.15, -0.1) is 16.4 Å². The van der Waals surface area contributed by atoms with Crippen molar-refractivity contribution in [1.29, 1.82) is 0 Å². The molecule has 0 aliphatic heterocycles. The minimum absolute atomic E-state index is 0.0799. The van der Waals surface area contributed by atoms with Gasteiger partial charge in [0, 0.05) is 16.1 Å². The molecule has 0 atom stereocenters. The number of aromatic nitrogens is 1. The maximum atomic E-state index is 13.1. The Labute approximate surface area is 160 Å². The summed E-state index contributed by atoms with van der Waals surface area (Å²) >= 11 is 1.54. The lowest BCUT2D eigenvalue weighted by Crippen LogP contribution is -2.22. The van der Waals surface area contributed by atoms with Crippen LogP contribution in [0.5, 0.6) is 0 Å². The van der Waals surface area contributed by atoms with Crippen LogP contribution < -0.4 is 16.8 Å². The van der Waals surface area contributed by atoms with Gasteiger partial charge in [-0.2, -0.15) is 5.10 Å². The van der Waals surface area contributed by atoms with Gasteiger partial charge in [0.1, 0.15) is 5.82 Å². The van der Waals surface area contributed by atoms with E-state index in [-0.39, 0.29) is 11.8 Å². The van der Waals surface area contributed by atoms with Gasteiger partial charge in [0.05, 0.1) is 11.4 Å². The molecule has 0 saturated carbocycles. The molecule has 0 bridgehead atoms. The maximum absolute atomic E-state index is 13.1. The number of halogens is 1. The highest BCUT2D eigenvalue weighted by Gasteiger charge is 2.10. The SMILES string of the molecule is CC(=NN=C(N)N)c1ccc(Nc2nc(-c3ccc(F)cc3)c(C)s2)cc1. The van der Waals surface area contributed by atoms with Gasteiger partial charge in [-0.1, -0.05) is 12.1 Å². The third kappa shape index (κ3) is 4.68. The number of benzene rings is 2. The van der Waals surface area contributed by atoms with Crippen LogP contribution in [0.4, 0.5) is 15.2 Å². The fourth-order valence-electron chi connectivity index (χ4n) is 2.43. The number of nitrogens with one attached hydrogen (secondary N) is 1. The van der Waals surface area contributed by atoms with Crippen molar-refractivity contribution in [3.05, 3.63) is 64.8 Å². The van der Waals surface area contributed by atoms with Crippen molar-refractivity contribution in [1.82, 2.24) is 4.98 Å². The number of guanidine groups is 1. The van der Waals surface area contributed by atoms with Crippen LogP contribution in [0.3, 0.4) is 0 Å². The lowest BCUT2D eigenvalue weighted by molar-refractivity contribution is 0.628. The molecule has 0 aliphatic rings. The minimum atomic E-state index is -0.260. The van der Waals surface area contributed by atoms with Crippen molar-refractivity contribution in [3.63, 3.8) is 0 Å². The number of hydrogen-bond acceptors (Lipinski definition) is 5. The number of thiazole rings is 1. The predicted octanol–water partition coefficient (Wildman–Crippen LogP) is 4.00. The molecule has 3 aromatic rings. The summed E-state index contributed by atoms with van der Waals surface area (Å²) < 4.78 is 13.1. The normalized spacial score (nSPS) is 11.3. The number of anilines is 2. The standard InChI is InChI=1S/C19H19FN6S/c1-11(25-26-18(21)22)13-5-9-16(10-6-13)23-19-24-17(12(2)27-19)14-3-7-15(20)8-4-14/h3-10H,1-2H3,(H,23,24)(H4,21,22,26). The summed E-state index contributed by atoms with van der Waals surface area (Å²) in [6, 6.07) is 14.0. The molecule has 0 saturated heterocycles. The van der Waals surface area contributed by atoms with Crippen molar-refractivity contribution in [2.24, 2.45) is 21.7 Å². The maximum Gasteiger partial charge on any atom is 0.211 e. The molecule has 138 valence electrons. The van der Waals surface area contributed by atoms with Crippen LogP contribution in [0.2, 0.25) is 0 Å². The van der Waals surface area contributed by atoms with E-state index in [1.807, 2.05) is 38.1 Å². The summed E-state index contributed by atoms with van der Waals surface area (Å²) in [5, 5.41) is 11.7. The number of aryl methyl sites for hydroxylation is 1. The van der Waals surface area contributed by atoms with Gasteiger partial charge in [-0.25, -0.2) is 9.37 Å². The second-order valence-electron chi connectivity index (χ2n) is 5.84. The Morgan fingerprint density at radius 1 is 1.04 bits per heavy atom. The molecule has 0 amide bonds. The Kier molecular flexibility index (Phi) is 5.46. The van der Waals surface area contributed by atoms with Crippen LogP contribution in [0.25, 0.3) is 11.3 Å². The van der Waals surface area contributed by atoms with E-state index in [1.54, 1.807) is 23.5 Å². The average molecular weight is 382 g/mol. The van der Waals surface area contributed by atoms with Gasteiger partial charge in [0.15, 0.2) is 5.13 Å². The third-order valence-electron chi connectivity index (χ3n) is 3.78. The summed E-state index contributed by atoms with van der Waals surface area (Å²) in [4.78, 5) is 5.68. The van der Waals surface area contributed by atoms with E-state index in [4.69, 9.17) is 11.5 Å². The lowest BCUT2D eigenvalue weighted by atomic mass is 10.1. The summed E-state index contributed by atoms with van der Waals surface area (Å²) in [7, 11) is 0. The number of nitrogens with two attached hydrogens (primary N) is 2. The number of hydrogen-bond donors (Lipinski definition) is 3. The molecule has 2 aromatic carbocycles. The molecule has 27 heavy (non-hydrogen) atoms. The molecule has 0 radical (unpaired) electrons. The number of nitrogens with zero attached hydrogens (tertiary/aromatic N) is 3. The van der Waals surface area contributed by atoms with Crippen molar-refractivity contribution in [2.75, 3.05) is 5.32 Å². The Hall–Kier alpha value is -3.26. The van der Waals surface area contributed by atoms with Crippen LogP contribution in [0.1, 0.15) is 17.4 Å². The summed E-state index contributed by atoms with van der Waals surface area (Å²) in [5.74, 6) is -0.340. The fourth-order valence-corrected chi connectivity index (χ4v) is 3.29. The first-order valence-electron chi connectivity index (χ1n) is 8.16. The van der Waals surface area contributed by atoms with Crippen molar-refractivity contribution < 1.29 is 4.39 Å². The third-order valence-corrected chi connectivity index (χ3v) is 4.67. The first-order chi connectivity index (χ1) is 12.9. The van der Waals surface area contributed by atoms with Gasteiger partial charge >= 0.3 is 0 Å². The second kappa shape index (κ2) is 7.96. The first kappa shape index (κ1) is 18.5. The second-order valence-corrected chi connectivity index (χ2v) is 7.05. The topological polar surface area (TPSA) is 102 Å². The van der Waals surface area contributed by atoms with E-state index in [0.29, 0.717) is 5.71 Å². The van der Waals surface area contributed by atoms with Gasteiger partial charge in [-0.3, -0.25) is 0 Å². The molecular formula is C19H19FN6S. The molecule has 8 heteroatoms. The monoisotopic (exact) mass is 382 g/mol. The zero-order chi connectivity index (χ0) is 19.4. The molecule has 5 N–H and O–H groups in total. The van der Waals surface area contributed by atoms with E-state index in [0.717, 1.165) is 32.5 Å². The molecule has 6 nitrogen and oxygen atoms in total. The van der Waals surface area contributed by atoms with Crippen LogP contribution >= 0.6 is 11.3 Å². The lowest BCUT2D eigenvalue weighted by Gasteiger charge is -2.04. The predicted molar refractivity (Wildman–Crippen MR) is 110 cm³/mol. The average Bonchev–Trinajstić information content (AvgIpc) is 3.01. The van der Waals surface area contributed by atoms with Crippen molar-refractivity contribution >= 4 is 33.8 Å². The van der Waals surface area contributed by atoms with Gasteiger partial charge in [0.25, 0.3) is 0 Å². The van der Waals surface area contributed by atoms with E-state index >= 15 is 0 Å². The number of rotatable bonds is 5. The van der Waals surface area contributed by atoms with Crippen molar-refractivity contribution in [2.45, 2.75) is 13.8 Å². The van der Waals surface area contributed by atoms with Crippen LogP contribution in [0, 0.1) is 12.7 Å². The van der Waals surface area contributed by atoms with Crippen molar-refractivity contribution in [3.8, 4) is 11.3 Å².